The molecule has 3 amide bonds. The second-order valence-corrected chi connectivity index (χ2v) is 5.50. The lowest BCUT2D eigenvalue weighted by molar-refractivity contribution is -0.147. The number of carbonyl (C=O) groups excluding carboxylic acids is 3. The van der Waals surface area contributed by atoms with E-state index in [1.165, 1.54) is 25.1 Å². The van der Waals surface area contributed by atoms with Crippen molar-refractivity contribution in [2.24, 2.45) is 0 Å². The van der Waals surface area contributed by atoms with Gasteiger partial charge in [-0.1, -0.05) is 31.5 Å². The monoisotopic (exact) mass is 322 g/mol. The third-order valence-corrected chi connectivity index (χ3v) is 3.74. The molecule has 7 heteroatoms. The standard InChI is InChI=1S/C16H19FN2O4/c1-3-4-9-23-13(20)10-19-14(21)16(2,18-15(19)22)11-7-5-6-8-12(11)17/h5-8H,3-4,9-10H2,1-2H3,(H,18,22). The van der Waals surface area contributed by atoms with Crippen molar-refractivity contribution in [2.75, 3.05) is 13.2 Å². The molecule has 1 aliphatic rings. The third-order valence-electron chi connectivity index (χ3n) is 3.74. The highest BCUT2D eigenvalue weighted by Gasteiger charge is 2.50. The number of ether oxygens (including phenoxy) is 1. The Labute approximate surface area is 133 Å². The van der Waals surface area contributed by atoms with Crippen LogP contribution in [0.4, 0.5) is 9.18 Å². The fourth-order valence-electron chi connectivity index (χ4n) is 2.39. The van der Waals surface area contributed by atoms with Crippen LogP contribution in [0.2, 0.25) is 0 Å². The van der Waals surface area contributed by atoms with E-state index in [9.17, 15) is 18.8 Å². The van der Waals surface area contributed by atoms with Crippen LogP contribution in [0.15, 0.2) is 24.3 Å². The summed E-state index contributed by atoms with van der Waals surface area (Å²) < 4.78 is 18.9. The van der Waals surface area contributed by atoms with Crippen LogP contribution >= 0.6 is 0 Å². The Morgan fingerprint density at radius 1 is 1.35 bits per heavy atom. The minimum Gasteiger partial charge on any atom is -0.464 e. The van der Waals surface area contributed by atoms with Gasteiger partial charge in [-0.2, -0.15) is 0 Å². The van der Waals surface area contributed by atoms with Crippen LogP contribution in [0.25, 0.3) is 0 Å². The molecule has 1 heterocycles. The Bertz CT molecular complexity index is 634. The van der Waals surface area contributed by atoms with Crippen LogP contribution in [0.1, 0.15) is 32.3 Å². The number of amides is 3. The Morgan fingerprint density at radius 2 is 2.04 bits per heavy atom. The summed E-state index contributed by atoms with van der Waals surface area (Å²) in [6, 6.07) is 4.96. The molecular formula is C16H19FN2O4. The number of halogens is 1. The summed E-state index contributed by atoms with van der Waals surface area (Å²) in [5, 5.41) is 2.45. The predicted octanol–water partition coefficient (Wildman–Crippen LogP) is 1.94. The van der Waals surface area contributed by atoms with Crippen molar-refractivity contribution in [3.05, 3.63) is 35.6 Å². The second-order valence-electron chi connectivity index (χ2n) is 5.50. The first-order valence-corrected chi connectivity index (χ1v) is 7.45. The molecule has 1 aromatic rings. The van der Waals surface area contributed by atoms with Crippen molar-refractivity contribution in [1.29, 1.82) is 0 Å². The van der Waals surface area contributed by atoms with Gasteiger partial charge in [0.2, 0.25) is 0 Å². The molecular weight excluding hydrogens is 303 g/mol. The fourth-order valence-corrected chi connectivity index (χ4v) is 2.39. The SMILES string of the molecule is CCCCOC(=O)CN1C(=O)NC(C)(c2ccccc2F)C1=O. The maximum absolute atomic E-state index is 14.0. The molecule has 1 N–H and O–H groups in total. The number of esters is 1. The smallest absolute Gasteiger partial charge is 0.326 e. The largest absolute Gasteiger partial charge is 0.464 e. The average molecular weight is 322 g/mol. The lowest BCUT2D eigenvalue weighted by atomic mass is 9.91. The van der Waals surface area contributed by atoms with E-state index in [2.05, 4.69) is 5.32 Å². The molecule has 1 unspecified atom stereocenters. The zero-order valence-electron chi connectivity index (χ0n) is 13.1. The molecule has 0 saturated carbocycles. The van der Waals surface area contributed by atoms with Crippen molar-refractivity contribution in [2.45, 2.75) is 32.2 Å². The van der Waals surface area contributed by atoms with Gasteiger partial charge in [-0.25, -0.2) is 9.18 Å². The number of unbranched alkanes of at least 4 members (excludes halogenated alkanes) is 1. The first kappa shape index (κ1) is 16.9. The van der Waals surface area contributed by atoms with Crippen LogP contribution in [0.5, 0.6) is 0 Å². The molecule has 1 aliphatic heterocycles. The summed E-state index contributed by atoms with van der Waals surface area (Å²) >= 11 is 0. The van der Waals surface area contributed by atoms with Crippen molar-refractivity contribution in [3.8, 4) is 0 Å². The molecule has 0 radical (unpaired) electrons. The number of hydrogen-bond donors (Lipinski definition) is 1. The van der Waals surface area contributed by atoms with Crippen molar-refractivity contribution in [3.63, 3.8) is 0 Å². The van der Waals surface area contributed by atoms with Gasteiger partial charge in [0.25, 0.3) is 5.91 Å². The van der Waals surface area contributed by atoms with Gasteiger partial charge >= 0.3 is 12.0 Å². The molecule has 1 saturated heterocycles. The molecule has 0 aliphatic carbocycles. The zero-order chi connectivity index (χ0) is 17.0. The van der Waals surface area contributed by atoms with E-state index in [0.29, 0.717) is 6.42 Å². The van der Waals surface area contributed by atoms with Crippen LogP contribution in [0.3, 0.4) is 0 Å². The van der Waals surface area contributed by atoms with Gasteiger partial charge in [0, 0.05) is 5.56 Å². The molecule has 1 atom stereocenters. The summed E-state index contributed by atoms with van der Waals surface area (Å²) in [6.07, 6.45) is 1.57. The summed E-state index contributed by atoms with van der Waals surface area (Å²) in [5.74, 6) is -1.95. The minimum absolute atomic E-state index is 0.0557. The van der Waals surface area contributed by atoms with E-state index in [4.69, 9.17) is 4.74 Å². The van der Waals surface area contributed by atoms with Crippen molar-refractivity contribution >= 4 is 17.9 Å². The van der Waals surface area contributed by atoms with Crippen LogP contribution in [-0.4, -0.2) is 36.0 Å². The number of rotatable bonds is 6. The molecule has 0 aromatic heterocycles. The van der Waals surface area contributed by atoms with E-state index in [1.54, 1.807) is 6.07 Å². The summed E-state index contributed by atoms with van der Waals surface area (Å²) in [5.41, 5.74) is -1.48. The number of carbonyl (C=O) groups is 3. The average Bonchev–Trinajstić information content (AvgIpc) is 2.72. The minimum atomic E-state index is -1.54. The van der Waals surface area contributed by atoms with E-state index in [0.717, 1.165) is 11.3 Å². The van der Waals surface area contributed by atoms with Crippen LogP contribution in [0, 0.1) is 5.82 Å². The number of nitrogens with zero attached hydrogens (tertiary/aromatic N) is 1. The normalized spacial score (nSPS) is 20.6. The highest BCUT2D eigenvalue weighted by Crippen LogP contribution is 2.30. The van der Waals surface area contributed by atoms with Crippen LogP contribution < -0.4 is 5.32 Å². The maximum atomic E-state index is 14.0. The van der Waals surface area contributed by atoms with E-state index >= 15 is 0 Å². The third kappa shape index (κ3) is 3.33. The lowest BCUT2D eigenvalue weighted by Crippen LogP contribution is -2.42. The first-order valence-electron chi connectivity index (χ1n) is 7.45. The molecule has 23 heavy (non-hydrogen) atoms. The first-order chi connectivity index (χ1) is 10.9. The van der Waals surface area contributed by atoms with E-state index in [-0.39, 0.29) is 12.2 Å². The number of imide groups is 1. The fraction of sp³-hybridized carbons (Fsp3) is 0.438. The van der Waals surface area contributed by atoms with Gasteiger partial charge in [0.15, 0.2) is 0 Å². The molecule has 1 aromatic carbocycles. The number of nitrogens with one attached hydrogen (secondary N) is 1. The summed E-state index contributed by atoms with van der Waals surface area (Å²) in [7, 11) is 0. The van der Waals surface area contributed by atoms with Gasteiger partial charge in [-0.05, 0) is 19.4 Å². The highest BCUT2D eigenvalue weighted by molar-refractivity contribution is 6.08. The van der Waals surface area contributed by atoms with Gasteiger partial charge in [0.05, 0.1) is 6.61 Å². The molecule has 0 bridgehead atoms. The van der Waals surface area contributed by atoms with Gasteiger partial charge < -0.3 is 10.1 Å². The van der Waals surface area contributed by atoms with E-state index < -0.39 is 35.8 Å². The van der Waals surface area contributed by atoms with Gasteiger partial charge in [0.1, 0.15) is 17.9 Å². The Kier molecular flexibility index (Phi) is 4.98. The maximum Gasteiger partial charge on any atom is 0.326 e. The van der Waals surface area contributed by atoms with Gasteiger partial charge in [-0.15, -0.1) is 0 Å². The predicted molar refractivity (Wildman–Crippen MR) is 79.9 cm³/mol. The topological polar surface area (TPSA) is 75.7 Å². The zero-order valence-corrected chi connectivity index (χ0v) is 13.1. The molecule has 6 nitrogen and oxygen atoms in total. The second kappa shape index (κ2) is 6.76. The number of benzene rings is 1. The lowest BCUT2D eigenvalue weighted by Gasteiger charge is -2.22. The number of urea groups is 1. The molecule has 0 spiro atoms. The summed E-state index contributed by atoms with van der Waals surface area (Å²) in [6.45, 7) is 3.11. The van der Waals surface area contributed by atoms with Gasteiger partial charge in [-0.3, -0.25) is 14.5 Å². The Hall–Kier alpha value is -2.44. The van der Waals surface area contributed by atoms with Crippen LogP contribution in [-0.2, 0) is 19.9 Å². The molecule has 2 rings (SSSR count). The highest BCUT2D eigenvalue weighted by atomic mass is 19.1. The van der Waals surface area contributed by atoms with Crippen molar-refractivity contribution < 1.29 is 23.5 Å². The molecule has 1 fully saturated rings. The Morgan fingerprint density at radius 3 is 2.70 bits per heavy atom. The Balaban J connectivity index is 2.14. The van der Waals surface area contributed by atoms with E-state index in [1.807, 2.05) is 6.92 Å². The number of hydrogen-bond acceptors (Lipinski definition) is 4. The quantitative estimate of drug-likeness (QED) is 0.493. The molecule has 124 valence electrons. The van der Waals surface area contributed by atoms with Crippen molar-refractivity contribution in [1.82, 2.24) is 10.2 Å². The summed E-state index contributed by atoms with van der Waals surface area (Å²) in [4.78, 5) is 37.0.